The highest BCUT2D eigenvalue weighted by Gasteiger charge is 2.18. The molecule has 156 valence electrons. The highest BCUT2D eigenvalue weighted by Crippen LogP contribution is 2.22. The molecular weight excluding hydrogens is 402 g/mol. The number of nitrogens with zero attached hydrogens (tertiary/aromatic N) is 2. The van der Waals surface area contributed by atoms with Gasteiger partial charge in [0.15, 0.2) is 5.16 Å². The Morgan fingerprint density at radius 2 is 2.07 bits per heavy atom. The average molecular weight is 426 g/mol. The lowest BCUT2D eigenvalue weighted by atomic mass is 10.2. The number of methoxy groups -OCH3 is 1. The maximum Gasteiger partial charge on any atom is 0.266 e. The van der Waals surface area contributed by atoms with Crippen LogP contribution in [0.25, 0.3) is 16.6 Å². The normalized spacial score (nSPS) is 16.0. The van der Waals surface area contributed by atoms with Crippen molar-refractivity contribution in [2.75, 3.05) is 26.0 Å². The Bertz CT molecular complexity index is 1090. The predicted octanol–water partition coefficient (Wildman–Crippen LogP) is 2.78. The van der Waals surface area contributed by atoms with Crippen LogP contribution in [0.2, 0.25) is 0 Å². The Hall–Kier alpha value is -2.84. The second-order valence-electron chi connectivity index (χ2n) is 6.98. The van der Waals surface area contributed by atoms with Gasteiger partial charge in [0.25, 0.3) is 5.56 Å². The predicted molar refractivity (Wildman–Crippen MR) is 117 cm³/mol. The Balaban J connectivity index is 1.60. The van der Waals surface area contributed by atoms with E-state index >= 15 is 0 Å². The van der Waals surface area contributed by atoms with Gasteiger partial charge in [0.05, 0.1) is 35.6 Å². The van der Waals surface area contributed by atoms with Gasteiger partial charge in [-0.3, -0.25) is 14.2 Å². The van der Waals surface area contributed by atoms with Crippen molar-refractivity contribution in [2.45, 2.75) is 24.1 Å². The number of carbonyl (C=O) groups excluding carboxylic acids is 1. The highest BCUT2D eigenvalue weighted by atomic mass is 32.2. The van der Waals surface area contributed by atoms with Crippen molar-refractivity contribution in [3.63, 3.8) is 0 Å². The van der Waals surface area contributed by atoms with Crippen LogP contribution in [0.5, 0.6) is 5.75 Å². The number of hydrogen-bond acceptors (Lipinski definition) is 6. The number of amides is 1. The largest absolute Gasteiger partial charge is 0.497 e. The van der Waals surface area contributed by atoms with Crippen LogP contribution in [0.4, 0.5) is 0 Å². The number of benzene rings is 2. The standard InChI is InChI=1S/C22H23N3O4S/c1-28-16-10-8-15(9-11-16)25-21(27)18-6-2-3-7-19(18)24-22(25)30-14-20(26)23-13-17-5-4-12-29-17/h2-3,6-11,17H,4-5,12-14H2,1H3,(H,23,26). The smallest absolute Gasteiger partial charge is 0.266 e. The summed E-state index contributed by atoms with van der Waals surface area (Å²) < 4.78 is 12.3. The topological polar surface area (TPSA) is 82.4 Å². The van der Waals surface area contributed by atoms with E-state index in [1.54, 1.807) is 48.1 Å². The van der Waals surface area contributed by atoms with Gasteiger partial charge in [-0.25, -0.2) is 4.98 Å². The van der Waals surface area contributed by atoms with Crippen LogP contribution in [0.15, 0.2) is 58.5 Å². The molecule has 1 N–H and O–H groups in total. The molecule has 1 saturated heterocycles. The van der Waals surface area contributed by atoms with E-state index in [-0.39, 0.29) is 23.3 Å². The molecule has 4 rings (SSSR count). The third-order valence-electron chi connectivity index (χ3n) is 4.96. The van der Waals surface area contributed by atoms with Crippen molar-refractivity contribution >= 4 is 28.6 Å². The van der Waals surface area contributed by atoms with Crippen molar-refractivity contribution in [1.29, 1.82) is 0 Å². The number of carbonyl (C=O) groups is 1. The van der Waals surface area contributed by atoms with Crippen molar-refractivity contribution in [2.24, 2.45) is 0 Å². The van der Waals surface area contributed by atoms with Gasteiger partial charge in [-0.2, -0.15) is 0 Å². The number of hydrogen-bond donors (Lipinski definition) is 1. The van der Waals surface area contributed by atoms with Crippen LogP contribution in [-0.4, -0.2) is 47.6 Å². The molecule has 1 fully saturated rings. The number of rotatable bonds is 7. The molecule has 3 aromatic rings. The van der Waals surface area contributed by atoms with E-state index < -0.39 is 0 Å². The fourth-order valence-electron chi connectivity index (χ4n) is 3.38. The summed E-state index contributed by atoms with van der Waals surface area (Å²) >= 11 is 1.24. The second-order valence-corrected chi connectivity index (χ2v) is 7.92. The lowest BCUT2D eigenvalue weighted by Gasteiger charge is -2.14. The van der Waals surface area contributed by atoms with Gasteiger partial charge in [-0.1, -0.05) is 23.9 Å². The number of thioether (sulfide) groups is 1. The summed E-state index contributed by atoms with van der Waals surface area (Å²) in [7, 11) is 1.59. The van der Waals surface area contributed by atoms with Crippen molar-refractivity contribution in [3.05, 3.63) is 58.9 Å². The van der Waals surface area contributed by atoms with Gasteiger partial charge < -0.3 is 14.8 Å². The minimum atomic E-state index is -0.173. The molecule has 1 aliphatic heterocycles. The molecule has 0 bridgehead atoms. The highest BCUT2D eigenvalue weighted by molar-refractivity contribution is 7.99. The molecule has 0 spiro atoms. The summed E-state index contributed by atoms with van der Waals surface area (Å²) in [5.74, 6) is 0.746. The molecule has 0 saturated carbocycles. The Kier molecular flexibility index (Phi) is 6.35. The second kappa shape index (κ2) is 9.32. The van der Waals surface area contributed by atoms with Crippen molar-refractivity contribution in [1.82, 2.24) is 14.9 Å². The summed E-state index contributed by atoms with van der Waals surface area (Å²) in [5.41, 5.74) is 1.10. The van der Waals surface area contributed by atoms with Crippen LogP contribution >= 0.6 is 11.8 Å². The molecule has 0 radical (unpaired) electrons. The lowest BCUT2D eigenvalue weighted by Crippen LogP contribution is -2.33. The summed E-state index contributed by atoms with van der Waals surface area (Å²) in [4.78, 5) is 30.2. The van der Waals surface area contributed by atoms with Crippen LogP contribution < -0.4 is 15.6 Å². The Morgan fingerprint density at radius 3 is 2.80 bits per heavy atom. The molecule has 0 aliphatic carbocycles. The van der Waals surface area contributed by atoms with E-state index in [0.717, 1.165) is 19.4 Å². The molecular formula is C22H23N3O4S. The first kappa shape index (κ1) is 20.4. The first-order valence-electron chi connectivity index (χ1n) is 9.83. The first-order chi connectivity index (χ1) is 14.7. The van der Waals surface area contributed by atoms with E-state index in [4.69, 9.17) is 9.47 Å². The molecule has 1 amide bonds. The Labute approximate surface area is 178 Å². The fourth-order valence-corrected chi connectivity index (χ4v) is 4.22. The van der Waals surface area contributed by atoms with E-state index in [9.17, 15) is 9.59 Å². The van der Waals surface area contributed by atoms with Gasteiger partial charge in [-0.15, -0.1) is 0 Å². The summed E-state index contributed by atoms with van der Waals surface area (Å²) in [6.07, 6.45) is 2.09. The third-order valence-corrected chi connectivity index (χ3v) is 5.90. The molecule has 8 heteroatoms. The maximum absolute atomic E-state index is 13.2. The Morgan fingerprint density at radius 1 is 1.27 bits per heavy atom. The van der Waals surface area contributed by atoms with Crippen LogP contribution in [0.3, 0.4) is 0 Å². The monoisotopic (exact) mass is 425 g/mol. The van der Waals surface area contributed by atoms with Gasteiger partial charge >= 0.3 is 0 Å². The molecule has 1 atom stereocenters. The van der Waals surface area contributed by atoms with Gasteiger partial charge in [0, 0.05) is 13.2 Å². The number of nitrogens with one attached hydrogen (secondary N) is 1. The fraction of sp³-hybridized carbons (Fsp3) is 0.318. The van der Waals surface area contributed by atoms with Crippen molar-refractivity contribution < 1.29 is 14.3 Å². The molecule has 2 heterocycles. The summed E-state index contributed by atoms with van der Waals surface area (Å²) in [6.45, 7) is 1.26. The molecule has 2 aromatic carbocycles. The minimum absolute atomic E-state index is 0.0928. The summed E-state index contributed by atoms with van der Waals surface area (Å²) in [5, 5.41) is 3.90. The van der Waals surface area contributed by atoms with E-state index in [1.165, 1.54) is 11.8 Å². The molecule has 1 unspecified atom stereocenters. The van der Waals surface area contributed by atoms with Gasteiger partial charge in [0.2, 0.25) is 5.91 Å². The van der Waals surface area contributed by atoms with Crippen LogP contribution in [-0.2, 0) is 9.53 Å². The molecule has 30 heavy (non-hydrogen) atoms. The third kappa shape index (κ3) is 4.49. The van der Waals surface area contributed by atoms with E-state index in [2.05, 4.69) is 10.3 Å². The molecule has 1 aliphatic rings. The molecule has 7 nitrogen and oxygen atoms in total. The number of aromatic nitrogens is 2. The SMILES string of the molecule is COc1ccc(-n2c(SCC(=O)NCC3CCCO3)nc3ccccc3c2=O)cc1. The zero-order chi connectivity index (χ0) is 20.9. The van der Waals surface area contributed by atoms with Gasteiger partial charge in [-0.05, 0) is 49.2 Å². The number of para-hydroxylation sites is 1. The number of ether oxygens (including phenoxy) is 2. The van der Waals surface area contributed by atoms with Crippen LogP contribution in [0.1, 0.15) is 12.8 Å². The minimum Gasteiger partial charge on any atom is -0.497 e. The van der Waals surface area contributed by atoms with E-state index in [0.29, 0.717) is 34.0 Å². The first-order valence-corrected chi connectivity index (χ1v) is 10.8. The van der Waals surface area contributed by atoms with E-state index in [1.807, 2.05) is 12.1 Å². The molecule has 1 aromatic heterocycles. The quantitative estimate of drug-likeness (QED) is 0.463. The van der Waals surface area contributed by atoms with Crippen molar-refractivity contribution in [3.8, 4) is 11.4 Å². The average Bonchev–Trinajstić information content (AvgIpc) is 3.30. The zero-order valence-corrected chi connectivity index (χ0v) is 17.5. The number of fused-ring (bicyclic) bond motifs is 1. The maximum atomic E-state index is 13.2. The van der Waals surface area contributed by atoms with Crippen LogP contribution in [0, 0.1) is 0 Å². The lowest BCUT2D eigenvalue weighted by molar-refractivity contribution is -0.119. The zero-order valence-electron chi connectivity index (χ0n) is 16.7. The summed E-state index contributed by atoms with van der Waals surface area (Å²) in [6, 6.07) is 14.4. The van der Waals surface area contributed by atoms with Gasteiger partial charge in [0.1, 0.15) is 5.75 Å².